The molecule has 0 heterocycles. The molecule has 1 saturated carbocycles. The number of alkyl halides is 1. The zero-order chi connectivity index (χ0) is 12.3. The van der Waals surface area contributed by atoms with E-state index in [0.717, 1.165) is 17.7 Å². The van der Waals surface area contributed by atoms with Crippen LogP contribution in [0.1, 0.15) is 25.7 Å². The van der Waals surface area contributed by atoms with Crippen LogP contribution in [0, 0.1) is 5.41 Å². The molecule has 17 heavy (non-hydrogen) atoms. The van der Waals surface area contributed by atoms with Crippen LogP contribution in [0.25, 0.3) is 0 Å². The molecule has 0 spiro atoms. The Morgan fingerprint density at radius 3 is 2.47 bits per heavy atom. The summed E-state index contributed by atoms with van der Waals surface area (Å²) in [6.45, 7) is 0.746. The zero-order valence-electron chi connectivity index (χ0n) is 9.52. The molecule has 94 valence electrons. The molecule has 0 aliphatic heterocycles. The third-order valence-electron chi connectivity index (χ3n) is 3.38. The van der Waals surface area contributed by atoms with E-state index in [0.29, 0.717) is 15.5 Å². The van der Waals surface area contributed by atoms with Gasteiger partial charge in [-0.2, -0.15) is 0 Å². The van der Waals surface area contributed by atoms with Crippen molar-refractivity contribution in [3.8, 4) is 5.75 Å². The average Bonchev–Trinajstić information content (AvgIpc) is 2.80. The van der Waals surface area contributed by atoms with E-state index < -0.39 is 0 Å². The van der Waals surface area contributed by atoms with Crippen LogP contribution in [-0.2, 0) is 0 Å². The molecule has 0 N–H and O–H groups in total. The van der Waals surface area contributed by atoms with Gasteiger partial charge < -0.3 is 4.74 Å². The topological polar surface area (TPSA) is 9.23 Å². The van der Waals surface area contributed by atoms with Crippen LogP contribution >= 0.6 is 39.1 Å². The largest absolute Gasteiger partial charge is 0.493 e. The molecule has 0 bridgehead atoms. The molecule has 0 saturated heterocycles. The zero-order valence-corrected chi connectivity index (χ0v) is 12.6. The second-order valence-electron chi connectivity index (χ2n) is 4.71. The average molecular weight is 338 g/mol. The molecule has 0 atom stereocenters. The number of rotatable bonds is 4. The highest BCUT2D eigenvalue weighted by molar-refractivity contribution is 9.09. The molecule has 0 amide bonds. The molecular weight excluding hydrogens is 323 g/mol. The monoisotopic (exact) mass is 336 g/mol. The van der Waals surface area contributed by atoms with Crippen molar-refractivity contribution >= 4 is 39.1 Å². The lowest BCUT2D eigenvalue weighted by Gasteiger charge is -2.26. The van der Waals surface area contributed by atoms with Crippen molar-refractivity contribution in [2.24, 2.45) is 5.41 Å². The normalized spacial score (nSPS) is 18.3. The molecule has 1 nitrogen and oxygen atoms in total. The summed E-state index contributed by atoms with van der Waals surface area (Å²) in [7, 11) is 0. The molecule has 0 aromatic heterocycles. The van der Waals surface area contributed by atoms with E-state index in [2.05, 4.69) is 15.9 Å². The van der Waals surface area contributed by atoms with Gasteiger partial charge >= 0.3 is 0 Å². The predicted octanol–water partition coefficient (Wildman–Crippen LogP) is 5.33. The molecule has 2 rings (SSSR count). The van der Waals surface area contributed by atoms with E-state index >= 15 is 0 Å². The van der Waals surface area contributed by atoms with Gasteiger partial charge in [-0.15, -0.1) is 0 Å². The maximum atomic E-state index is 5.96. The SMILES string of the molecule is Clc1ccc(OCC2(CBr)CCCC2)cc1Cl. The van der Waals surface area contributed by atoms with E-state index in [-0.39, 0.29) is 0 Å². The summed E-state index contributed by atoms with van der Waals surface area (Å²) < 4.78 is 5.85. The van der Waals surface area contributed by atoms with Crippen LogP contribution < -0.4 is 4.74 Å². The first-order valence-electron chi connectivity index (χ1n) is 5.79. The van der Waals surface area contributed by atoms with Crippen LogP contribution in [0.3, 0.4) is 0 Å². The molecule has 4 heteroatoms. The molecule has 1 aliphatic rings. The Labute approximate surface area is 121 Å². The lowest BCUT2D eigenvalue weighted by molar-refractivity contribution is 0.174. The third kappa shape index (κ3) is 3.30. The van der Waals surface area contributed by atoms with Crippen molar-refractivity contribution in [1.29, 1.82) is 0 Å². The van der Waals surface area contributed by atoms with Crippen LogP contribution in [0.2, 0.25) is 10.0 Å². The Kier molecular flexibility index (Phi) is 4.62. The van der Waals surface area contributed by atoms with Crippen LogP contribution in [0.15, 0.2) is 18.2 Å². The molecule has 0 radical (unpaired) electrons. The second kappa shape index (κ2) is 5.81. The first-order chi connectivity index (χ1) is 8.15. The minimum Gasteiger partial charge on any atom is -0.493 e. The van der Waals surface area contributed by atoms with Gasteiger partial charge in [0.2, 0.25) is 0 Å². The Bertz CT molecular complexity index is 389. The van der Waals surface area contributed by atoms with E-state index in [1.165, 1.54) is 25.7 Å². The van der Waals surface area contributed by atoms with E-state index in [4.69, 9.17) is 27.9 Å². The van der Waals surface area contributed by atoms with Crippen LogP contribution in [-0.4, -0.2) is 11.9 Å². The summed E-state index contributed by atoms with van der Waals surface area (Å²) in [6.07, 6.45) is 5.08. The van der Waals surface area contributed by atoms with Crippen molar-refractivity contribution < 1.29 is 4.74 Å². The van der Waals surface area contributed by atoms with E-state index in [1.54, 1.807) is 12.1 Å². The summed E-state index contributed by atoms with van der Waals surface area (Å²) in [5.41, 5.74) is 0.298. The summed E-state index contributed by atoms with van der Waals surface area (Å²) >= 11 is 15.4. The molecule has 0 unspecified atom stereocenters. The number of halogens is 3. The fourth-order valence-corrected chi connectivity index (χ4v) is 3.26. The van der Waals surface area contributed by atoms with Crippen molar-refractivity contribution in [3.63, 3.8) is 0 Å². The minimum atomic E-state index is 0.298. The first kappa shape index (κ1) is 13.5. The summed E-state index contributed by atoms with van der Waals surface area (Å²) in [6, 6.07) is 5.42. The van der Waals surface area contributed by atoms with Crippen molar-refractivity contribution in [1.82, 2.24) is 0 Å². The summed E-state index contributed by atoms with van der Waals surface area (Å²) in [4.78, 5) is 0. The lowest BCUT2D eigenvalue weighted by atomic mass is 9.90. The fourth-order valence-electron chi connectivity index (χ4n) is 2.24. The Morgan fingerprint density at radius 2 is 1.88 bits per heavy atom. The van der Waals surface area contributed by atoms with Crippen molar-refractivity contribution in [2.75, 3.05) is 11.9 Å². The van der Waals surface area contributed by atoms with Gasteiger partial charge in [-0.05, 0) is 25.0 Å². The number of ether oxygens (including phenoxy) is 1. The highest BCUT2D eigenvalue weighted by Gasteiger charge is 2.33. The van der Waals surface area contributed by atoms with Gasteiger partial charge in [0.15, 0.2) is 0 Å². The van der Waals surface area contributed by atoms with Crippen LogP contribution in [0.5, 0.6) is 5.75 Å². The summed E-state index contributed by atoms with van der Waals surface area (Å²) in [5.74, 6) is 0.798. The number of hydrogen-bond donors (Lipinski definition) is 0. The highest BCUT2D eigenvalue weighted by atomic mass is 79.9. The second-order valence-corrected chi connectivity index (χ2v) is 6.08. The van der Waals surface area contributed by atoms with Crippen LogP contribution in [0.4, 0.5) is 0 Å². The maximum Gasteiger partial charge on any atom is 0.120 e. The van der Waals surface area contributed by atoms with Gasteiger partial charge in [0.25, 0.3) is 0 Å². The first-order valence-corrected chi connectivity index (χ1v) is 7.67. The van der Waals surface area contributed by atoms with Gasteiger partial charge in [-0.3, -0.25) is 0 Å². The summed E-state index contributed by atoms with van der Waals surface area (Å²) in [5, 5.41) is 2.11. The van der Waals surface area contributed by atoms with Gasteiger partial charge in [0.1, 0.15) is 5.75 Å². The van der Waals surface area contributed by atoms with Gasteiger partial charge in [0.05, 0.1) is 16.7 Å². The molecule has 1 fully saturated rings. The highest BCUT2D eigenvalue weighted by Crippen LogP contribution is 2.40. The smallest absolute Gasteiger partial charge is 0.120 e. The number of hydrogen-bond acceptors (Lipinski definition) is 1. The Morgan fingerprint density at radius 1 is 1.18 bits per heavy atom. The predicted molar refractivity (Wildman–Crippen MR) is 76.7 cm³/mol. The van der Waals surface area contributed by atoms with Gasteiger partial charge in [-0.1, -0.05) is 52.0 Å². The van der Waals surface area contributed by atoms with Crippen molar-refractivity contribution in [3.05, 3.63) is 28.2 Å². The molecule has 1 aliphatic carbocycles. The molecule has 1 aromatic rings. The van der Waals surface area contributed by atoms with E-state index in [1.807, 2.05) is 6.07 Å². The molecule has 1 aromatic carbocycles. The number of benzene rings is 1. The standard InChI is InChI=1S/C13H15BrCl2O/c14-8-13(5-1-2-6-13)9-17-10-3-4-11(15)12(16)7-10/h3-4,7H,1-2,5-6,8-9H2. The maximum absolute atomic E-state index is 5.96. The minimum absolute atomic E-state index is 0.298. The van der Waals surface area contributed by atoms with Gasteiger partial charge in [-0.25, -0.2) is 0 Å². The quantitative estimate of drug-likeness (QED) is 0.675. The Balaban J connectivity index is 1.99. The Hall–Kier alpha value is 0.0800. The van der Waals surface area contributed by atoms with Crippen molar-refractivity contribution in [2.45, 2.75) is 25.7 Å². The fraction of sp³-hybridized carbons (Fsp3) is 0.538. The van der Waals surface area contributed by atoms with Gasteiger partial charge in [0, 0.05) is 16.8 Å². The molecular formula is C13H15BrCl2O. The van der Waals surface area contributed by atoms with E-state index in [9.17, 15) is 0 Å². The third-order valence-corrected chi connectivity index (χ3v) is 5.31. The lowest BCUT2D eigenvalue weighted by Crippen LogP contribution is -2.26.